The molecule has 0 bridgehead atoms. The van der Waals surface area contributed by atoms with Gasteiger partial charge in [0, 0.05) is 0 Å². The molecule has 0 radical (unpaired) electrons. The zero-order valence-electron chi connectivity index (χ0n) is 10.2. The van der Waals surface area contributed by atoms with Crippen molar-refractivity contribution in [2.75, 3.05) is 0 Å². The van der Waals surface area contributed by atoms with E-state index in [1.165, 1.54) is 0 Å². The van der Waals surface area contributed by atoms with Crippen LogP contribution in [0.15, 0.2) is 0 Å². The summed E-state index contributed by atoms with van der Waals surface area (Å²) >= 11 is 0. The van der Waals surface area contributed by atoms with Crippen molar-refractivity contribution < 1.29 is 10.2 Å². The van der Waals surface area contributed by atoms with Crippen LogP contribution >= 0.6 is 0 Å². The summed E-state index contributed by atoms with van der Waals surface area (Å²) in [5.74, 6) is 0. The van der Waals surface area contributed by atoms with Gasteiger partial charge in [0.1, 0.15) is 12.5 Å². The van der Waals surface area contributed by atoms with Gasteiger partial charge in [-0.2, -0.15) is 0 Å². The van der Waals surface area contributed by atoms with Gasteiger partial charge < -0.3 is 10.2 Å². The molecular formula is C12H27NO2. The highest BCUT2D eigenvalue weighted by atomic mass is 16.3. The first-order valence-corrected chi connectivity index (χ1v) is 6.32. The fourth-order valence-corrected chi connectivity index (χ4v) is 1.56. The molecule has 15 heavy (non-hydrogen) atoms. The summed E-state index contributed by atoms with van der Waals surface area (Å²) in [6.45, 7) is 4.28. The first-order valence-electron chi connectivity index (χ1n) is 6.32. The maximum Gasteiger partial charge on any atom is 0.106 e. The fourth-order valence-electron chi connectivity index (χ4n) is 1.56. The van der Waals surface area contributed by atoms with E-state index in [0.717, 1.165) is 51.4 Å². The predicted molar refractivity (Wildman–Crippen MR) is 63.4 cm³/mol. The van der Waals surface area contributed by atoms with E-state index in [9.17, 15) is 10.2 Å². The Morgan fingerprint density at radius 2 is 1.20 bits per heavy atom. The van der Waals surface area contributed by atoms with E-state index in [-0.39, 0.29) is 0 Å². The third-order valence-corrected chi connectivity index (χ3v) is 2.55. The second-order valence-electron chi connectivity index (χ2n) is 4.19. The number of hydrogen-bond donors (Lipinski definition) is 3. The van der Waals surface area contributed by atoms with Crippen molar-refractivity contribution >= 4 is 0 Å². The molecule has 0 aromatic rings. The molecule has 3 nitrogen and oxygen atoms in total. The van der Waals surface area contributed by atoms with Gasteiger partial charge in [-0.1, -0.05) is 39.5 Å². The van der Waals surface area contributed by atoms with E-state index in [1.807, 2.05) is 0 Å². The van der Waals surface area contributed by atoms with Crippen LogP contribution < -0.4 is 5.32 Å². The molecule has 2 atom stereocenters. The van der Waals surface area contributed by atoms with Gasteiger partial charge >= 0.3 is 0 Å². The van der Waals surface area contributed by atoms with Gasteiger partial charge in [0.15, 0.2) is 0 Å². The number of unbranched alkanes of at least 4 members (excludes halogenated alkanes) is 4. The Labute approximate surface area is 93.9 Å². The van der Waals surface area contributed by atoms with Crippen LogP contribution in [0, 0.1) is 0 Å². The third kappa shape index (κ3) is 10.2. The van der Waals surface area contributed by atoms with Crippen LogP contribution in [-0.2, 0) is 0 Å². The van der Waals surface area contributed by atoms with Crippen molar-refractivity contribution in [3.63, 3.8) is 0 Å². The topological polar surface area (TPSA) is 52.5 Å². The number of nitrogens with one attached hydrogen (secondary N) is 1. The van der Waals surface area contributed by atoms with Gasteiger partial charge in [0.05, 0.1) is 0 Å². The zero-order chi connectivity index (χ0) is 11.5. The number of aliphatic hydroxyl groups is 2. The highest BCUT2D eigenvalue weighted by Gasteiger charge is 2.08. The van der Waals surface area contributed by atoms with E-state index >= 15 is 0 Å². The molecule has 3 N–H and O–H groups in total. The molecule has 0 rings (SSSR count). The van der Waals surface area contributed by atoms with Crippen LogP contribution in [-0.4, -0.2) is 22.7 Å². The molecule has 0 saturated heterocycles. The molecule has 0 aliphatic rings. The molecule has 0 fully saturated rings. The Morgan fingerprint density at radius 3 is 1.53 bits per heavy atom. The lowest BCUT2D eigenvalue weighted by molar-refractivity contribution is 0.0311. The number of aliphatic hydroxyl groups excluding tert-OH is 2. The second-order valence-corrected chi connectivity index (χ2v) is 4.19. The average molecular weight is 217 g/mol. The van der Waals surface area contributed by atoms with Crippen LogP contribution in [0.1, 0.15) is 65.2 Å². The SMILES string of the molecule is CCCCCC(O)NC(O)CCCCC. The first-order chi connectivity index (χ1) is 7.20. The summed E-state index contributed by atoms with van der Waals surface area (Å²) < 4.78 is 0. The molecule has 0 heterocycles. The largest absolute Gasteiger partial charge is 0.379 e. The Morgan fingerprint density at radius 1 is 0.800 bits per heavy atom. The minimum atomic E-state index is -0.548. The molecule has 0 amide bonds. The lowest BCUT2D eigenvalue weighted by Gasteiger charge is -2.17. The minimum absolute atomic E-state index is 0.548. The van der Waals surface area contributed by atoms with Crippen molar-refractivity contribution in [3.05, 3.63) is 0 Å². The highest BCUT2D eigenvalue weighted by Crippen LogP contribution is 2.05. The lowest BCUT2D eigenvalue weighted by Crippen LogP contribution is -2.38. The Hall–Kier alpha value is -0.120. The summed E-state index contributed by atoms with van der Waals surface area (Å²) in [6.07, 6.45) is 7.02. The summed E-state index contributed by atoms with van der Waals surface area (Å²) in [7, 11) is 0. The number of rotatable bonds is 10. The molecule has 92 valence electrons. The quantitative estimate of drug-likeness (QED) is 0.389. The van der Waals surface area contributed by atoms with E-state index in [0.29, 0.717) is 0 Å². The van der Waals surface area contributed by atoms with Gasteiger partial charge in [0.25, 0.3) is 0 Å². The van der Waals surface area contributed by atoms with Crippen LogP contribution in [0.5, 0.6) is 0 Å². The standard InChI is InChI=1S/C12H27NO2/c1-3-5-7-9-11(14)13-12(15)10-8-6-4-2/h11-15H,3-10H2,1-2H3. The van der Waals surface area contributed by atoms with Crippen molar-refractivity contribution in [2.45, 2.75) is 77.7 Å². The van der Waals surface area contributed by atoms with Gasteiger partial charge in [-0.05, 0) is 25.7 Å². The van der Waals surface area contributed by atoms with Gasteiger partial charge in [-0.25, -0.2) is 0 Å². The summed E-state index contributed by atoms with van der Waals surface area (Å²) in [5, 5.41) is 21.9. The first kappa shape index (κ1) is 14.9. The maximum atomic E-state index is 9.53. The molecular weight excluding hydrogens is 190 g/mol. The summed E-state index contributed by atoms with van der Waals surface area (Å²) in [6, 6.07) is 0. The molecule has 3 heteroatoms. The second kappa shape index (κ2) is 10.4. The van der Waals surface area contributed by atoms with Crippen molar-refractivity contribution in [3.8, 4) is 0 Å². The van der Waals surface area contributed by atoms with E-state index in [4.69, 9.17) is 0 Å². The Bertz CT molecular complexity index is 117. The lowest BCUT2D eigenvalue weighted by atomic mass is 10.1. The van der Waals surface area contributed by atoms with E-state index in [1.54, 1.807) is 0 Å². The Kier molecular flexibility index (Phi) is 10.3. The predicted octanol–water partition coefficient (Wildman–Crippen LogP) is 2.37. The monoisotopic (exact) mass is 217 g/mol. The van der Waals surface area contributed by atoms with Crippen molar-refractivity contribution in [2.24, 2.45) is 0 Å². The summed E-state index contributed by atoms with van der Waals surface area (Å²) in [4.78, 5) is 0. The molecule has 0 aliphatic carbocycles. The fraction of sp³-hybridized carbons (Fsp3) is 1.00. The molecule has 0 saturated carbocycles. The van der Waals surface area contributed by atoms with E-state index < -0.39 is 12.5 Å². The molecule has 0 aliphatic heterocycles. The summed E-state index contributed by atoms with van der Waals surface area (Å²) in [5.41, 5.74) is 0. The molecule has 0 spiro atoms. The smallest absolute Gasteiger partial charge is 0.106 e. The van der Waals surface area contributed by atoms with Crippen LogP contribution in [0.25, 0.3) is 0 Å². The number of hydrogen-bond acceptors (Lipinski definition) is 3. The van der Waals surface area contributed by atoms with Crippen molar-refractivity contribution in [1.29, 1.82) is 0 Å². The van der Waals surface area contributed by atoms with Gasteiger partial charge in [0.2, 0.25) is 0 Å². The van der Waals surface area contributed by atoms with Gasteiger partial charge in [-0.15, -0.1) is 0 Å². The van der Waals surface area contributed by atoms with Crippen LogP contribution in [0.2, 0.25) is 0 Å². The molecule has 2 unspecified atom stereocenters. The van der Waals surface area contributed by atoms with Crippen LogP contribution in [0.3, 0.4) is 0 Å². The van der Waals surface area contributed by atoms with Crippen LogP contribution in [0.4, 0.5) is 0 Å². The Balaban J connectivity index is 3.35. The molecule has 0 aromatic carbocycles. The minimum Gasteiger partial charge on any atom is -0.379 e. The van der Waals surface area contributed by atoms with E-state index in [2.05, 4.69) is 19.2 Å². The maximum absolute atomic E-state index is 9.53. The highest BCUT2D eigenvalue weighted by molar-refractivity contribution is 4.58. The zero-order valence-corrected chi connectivity index (χ0v) is 10.2. The van der Waals surface area contributed by atoms with Gasteiger partial charge in [-0.3, -0.25) is 5.32 Å². The average Bonchev–Trinajstić information content (AvgIpc) is 2.18. The molecule has 0 aromatic heterocycles. The van der Waals surface area contributed by atoms with Crippen molar-refractivity contribution in [1.82, 2.24) is 5.32 Å². The normalized spacial score (nSPS) is 15.2. The third-order valence-electron chi connectivity index (χ3n) is 2.55.